The maximum absolute atomic E-state index is 13.7. The Kier molecular flexibility index (Phi) is 6.88. The van der Waals surface area contributed by atoms with Crippen molar-refractivity contribution in [3.63, 3.8) is 0 Å². The summed E-state index contributed by atoms with van der Waals surface area (Å²) in [5.41, 5.74) is 2.49. The van der Waals surface area contributed by atoms with Gasteiger partial charge in [0.1, 0.15) is 23.6 Å². The zero-order chi connectivity index (χ0) is 24.7. The summed E-state index contributed by atoms with van der Waals surface area (Å²) in [6.07, 6.45) is 3.60. The Bertz CT molecular complexity index is 1410. The first-order valence-electron chi connectivity index (χ1n) is 11.6. The van der Waals surface area contributed by atoms with Crippen LogP contribution in [0.1, 0.15) is 23.1 Å². The van der Waals surface area contributed by atoms with Crippen LogP contribution in [0.2, 0.25) is 0 Å². The summed E-state index contributed by atoms with van der Waals surface area (Å²) in [6, 6.07) is 23.2. The molecule has 9 heteroatoms. The van der Waals surface area contributed by atoms with Crippen LogP contribution in [0.3, 0.4) is 0 Å². The van der Waals surface area contributed by atoms with Crippen LogP contribution in [0.4, 0.5) is 0 Å². The minimum atomic E-state index is -0.971. The van der Waals surface area contributed by atoms with Crippen LogP contribution in [0, 0.1) is 0 Å². The molecule has 0 aliphatic carbocycles. The Hall–Kier alpha value is -4.66. The number of nitrogens with one attached hydrogen (secondary N) is 1. The topological polar surface area (TPSA) is 106 Å². The van der Waals surface area contributed by atoms with Crippen molar-refractivity contribution in [1.29, 1.82) is 0 Å². The molecule has 0 aliphatic heterocycles. The second-order valence-electron chi connectivity index (χ2n) is 8.27. The molecule has 182 valence electrons. The lowest BCUT2D eigenvalue weighted by atomic mass is 10.1. The van der Waals surface area contributed by atoms with Crippen molar-refractivity contribution in [3.05, 3.63) is 108 Å². The first-order chi connectivity index (χ1) is 17.7. The molecular formula is C27H25N5O4. The van der Waals surface area contributed by atoms with E-state index >= 15 is 0 Å². The molecule has 1 atom stereocenters. The molecule has 3 heterocycles. The third-order valence-electron chi connectivity index (χ3n) is 5.90. The first kappa shape index (κ1) is 23.1. The van der Waals surface area contributed by atoms with E-state index in [2.05, 4.69) is 15.6 Å². The normalized spacial score (nSPS) is 11.9. The van der Waals surface area contributed by atoms with E-state index in [1.54, 1.807) is 40.1 Å². The Morgan fingerprint density at radius 1 is 0.917 bits per heavy atom. The van der Waals surface area contributed by atoms with E-state index < -0.39 is 6.04 Å². The number of aromatic nitrogens is 3. The molecule has 2 aromatic carbocycles. The lowest BCUT2D eigenvalue weighted by Gasteiger charge is -2.30. The Morgan fingerprint density at radius 3 is 2.47 bits per heavy atom. The number of furan rings is 2. The standard InChI is InChI=1S/C27H25N5O4/c33-25(19-32-23-12-5-4-11-22(23)29-30-32)31(15-14-20-8-2-1-3-9-20)26(24-13-7-17-36-24)27(34)28-18-21-10-6-16-35-21/h1-13,16-17,26H,14-15,18-19H2,(H,28,34)/t26-/m0/s1. The van der Waals surface area contributed by atoms with Gasteiger partial charge in [-0.3, -0.25) is 9.59 Å². The van der Waals surface area contributed by atoms with Gasteiger partial charge in [-0.15, -0.1) is 5.10 Å². The highest BCUT2D eigenvalue weighted by Gasteiger charge is 2.33. The van der Waals surface area contributed by atoms with E-state index in [-0.39, 0.29) is 24.9 Å². The fourth-order valence-corrected chi connectivity index (χ4v) is 4.10. The van der Waals surface area contributed by atoms with Gasteiger partial charge in [-0.1, -0.05) is 47.7 Å². The Balaban J connectivity index is 1.43. The molecule has 0 radical (unpaired) electrons. The van der Waals surface area contributed by atoms with E-state index in [9.17, 15) is 9.59 Å². The number of para-hydroxylation sites is 1. The summed E-state index contributed by atoms with van der Waals surface area (Å²) in [4.78, 5) is 28.8. The molecule has 3 aromatic heterocycles. The third-order valence-corrected chi connectivity index (χ3v) is 5.90. The second-order valence-corrected chi connectivity index (χ2v) is 8.27. The minimum Gasteiger partial charge on any atom is -0.467 e. The molecule has 0 unspecified atom stereocenters. The fraction of sp³-hybridized carbons (Fsp3) is 0.185. The zero-order valence-electron chi connectivity index (χ0n) is 19.5. The van der Waals surface area contributed by atoms with Gasteiger partial charge in [0.05, 0.1) is 24.6 Å². The maximum Gasteiger partial charge on any atom is 0.251 e. The van der Waals surface area contributed by atoms with Gasteiger partial charge in [-0.2, -0.15) is 0 Å². The van der Waals surface area contributed by atoms with Crippen LogP contribution in [0.15, 0.2) is 100 Å². The molecule has 0 saturated carbocycles. The summed E-state index contributed by atoms with van der Waals surface area (Å²) < 4.78 is 12.5. The van der Waals surface area contributed by atoms with E-state index in [0.717, 1.165) is 11.1 Å². The van der Waals surface area contributed by atoms with Gasteiger partial charge >= 0.3 is 0 Å². The quantitative estimate of drug-likeness (QED) is 0.324. The van der Waals surface area contributed by atoms with Gasteiger partial charge in [0.15, 0.2) is 6.04 Å². The van der Waals surface area contributed by atoms with Crippen molar-refractivity contribution in [2.75, 3.05) is 6.54 Å². The number of carbonyl (C=O) groups is 2. The number of amides is 2. The number of rotatable bonds is 10. The monoisotopic (exact) mass is 483 g/mol. The van der Waals surface area contributed by atoms with Crippen LogP contribution in [0.25, 0.3) is 11.0 Å². The first-order valence-corrected chi connectivity index (χ1v) is 11.6. The second kappa shape index (κ2) is 10.7. The van der Waals surface area contributed by atoms with Gasteiger partial charge in [0.25, 0.3) is 5.91 Å². The highest BCUT2D eigenvalue weighted by Crippen LogP contribution is 2.24. The van der Waals surface area contributed by atoms with Crippen molar-refractivity contribution in [3.8, 4) is 0 Å². The molecule has 0 bridgehead atoms. The van der Waals surface area contributed by atoms with Crippen molar-refractivity contribution >= 4 is 22.8 Å². The SMILES string of the molecule is O=C(NCc1ccco1)[C@H](c1ccco1)N(CCc1ccccc1)C(=O)Cn1nnc2ccccc21. The number of benzene rings is 2. The van der Waals surface area contributed by atoms with E-state index in [4.69, 9.17) is 8.83 Å². The predicted molar refractivity (Wildman–Crippen MR) is 131 cm³/mol. The number of fused-ring (bicyclic) bond motifs is 1. The molecule has 9 nitrogen and oxygen atoms in total. The molecule has 2 amide bonds. The van der Waals surface area contributed by atoms with Crippen molar-refractivity contribution in [2.24, 2.45) is 0 Å². The molecule has 0 fully saturated rings. The third kappa shape index (κ3) is 5.20. The lowest BCUT2D eigenvalue weighted by Crippen LogP contribution is -2.45. The van der Waals surface area contributed by atoms with Crippen LogP contribution >= 0.6 is 0 Å². The Morgan fingerprint density at radius 2 is 1.69 bits per heavy atom. The number of hydrogen-bond donors (Lipinski definition) is 1. The van der Waals surface area contributed by atoms with Crippen molar-refractivity contribution in [2.45, 2.75) is 25.6 Å². The summed E-state index contributed by atoms with van der Waals surface area (Å²) in [6.45, 7) is 0.421. The summed E-state index contributed by atoms with van der Waals surface area (Å²) in [7, 11) is 0. The predicted octanol–water partition coefficient (Wildman–Crippen LogP) is 3.75. The van der Waals surface area contributed by atoms with Gasteiger partial charge in [-0.05, 0) is 48.4 Å². The van der Waals surface area contributed by atoms with E-state index in [1.165, 1.54) is 6.26 Å². The van der Waals surface area contributed by atoms with Crippen LogP contribution in [-0.2, 0) is 29.1 Å². The average molecular weight is 484 g/mol. The molecule has 36 heavy (non-hydrogen) atoms. The average Bonchev–Trinajstić information content (AvgIpc) is 3.69. The molecule has 0 aliphatic rings. The van der Waals surface area contributed by atoms with Crippen LogP contribution < -0.4 is 5.32 Å². The minimum absolute atomic E-state index is 0.0715. The lowest BCUT2D eigenvalue weighted by molar-refractivity contribution is -0.142. The summed E-state index contributed by atoms with van der Waals surface area (Å²) in [5.74, 6) is 0.331. The summed E-state index contributed by atoms with van der Waals surface area (Å²) >= 11 is 0. The van der Waals surface area contributed by atoms with Gasteiger partial charge < -0.3 is 19.1 Å². The van der Waals surface area contributed by atoms with Gasteiger partial charge in [0, 0.05) is 6.54 Å². The van der Waals surface area contributed by atoms with Gasteiger partial charge in [-0.25, -0.2) is 4.68 Å². The van der Waals surface area contributed by atoms with E-state index in [0.29, 0.717) is 30.0 Å². The number of hydrogen-bond acceptors (Lipinski definition) is 6. The molecule has 0 spiro atoms. The van der Waals surface area contributed by atoms with Gasteiger partial charge in [0.2, 0.25) is 5.91 Å². The smallest absolute Gasteiger partial charge is 0.251 e. The molecule has 1 N–H and O–H groups in total. The van der Waals surface area contributed by atoms with Crippen LogP contribution in [-0.4, -0.2) is 38.3 Å². The summed E-state index contributed by atoms with van der Waals surface area (Å²) in [5, 5.41) is 11.2. The largest absolute Gasteiger partial charge is 0.467 e. The van der Waals surface area contributed by atoms with Crippen molar-refractivity contribution < 1.29 is 18.4 Å². The molecular weight excluding hydrogens is 458 g/mol. The molecule has 5 aromatic rings. The molecule has 0 saturated heterocycles. The van der Waals surface area contributed by atoms with E-state index in [1.807, 2.05) is 54.6 Å². The molecule has 5 rings (SSSR count). The fourth-order valence-electron chi connectivity index (χ4n) is 4.10. The highest BCUT2D eigenvalue weighted by molar-refractivity contribution is 5.88. The Labute approximate surface area is 207 Å². The van der Waals surface area contributed by atoms with Crippen LogP contribution in [0.5, 0.6) is 0 Å². The zero-order valence-corrected chi connectivity index (χ0v) is 19.5. The maximum atomic E-state index is 13.7. The highest BCUT2D eigenvalue weighted by atomic mass is 16.3. The van der Waals surface area contributed by atoms with Crippen molar-refractivity contribution in [1.82, 2.24) is 25.2 Å². The number of carbonyl (C=O) groups excluding carboxylic acids is 2. The number of nitrogens with zero attached hydrogens (tertiary/aromatic N) is 4.